The predicted molar refractivity (Wildman–Crippen MR) is 109 cm³/mol. The van der Waals surface area contributed by atoms with Gasteiger partial charge in [-0.25, -0.2) is 0 Å². The van der Waals surface area contributed by atoms with Crippen LogP contribution in [-0.2, 0) is 6.18 Å². The third-order valence-electron chi connectivity index (χ3n) is 3.78. The second kappa shape index (κ2) is 10.8. The molecule has 0 fully saturated rings. The summed E-state index contributed by atoms with van der Waals surface area (Å²) >= 11 is 0. The highest BCUT2D eigenvalue weighted by Gasteiger charge is 2.30. The van der Waals surface area contributed by atoms with Crippen molar-refractivity contribution in [2.75, 3.05) is 14.1 Å². The Morgan fingerprint density at radius 2 is 1.59 bits per heavy atom. The number of para-hydroxylation sites is 1. The highest BCUT2D eigenvalue weighted by Crippen LogP contribution is 2.38. The van der Waals surface area contributed by atoms with Crippen LogP contribution in [0.15, 0.2) is 60.2 Å². The van der Waals surface area contributed by atoms with E-state index in [-0.39, 0.29) is 11.9 Å². The maximum Gasteiger partial charge on any atom is 0.416 e. The summed E-state index contributed by atoms with van der Waals surface area (Å²) in [6.45, 7) is 6.00. The normalized spacial score (nSPS) is 16.4. The fourth-order valence-corrected chi connectivity index (χ4v) is 2.30. The molecule has 0 radical (unpaired) electrons. The van der Waals surface area contributed by atoms with Crippen LogP contribution in [0, 0.1) is 6.92 Å². The van der Waals surface area contributed by atoms with Gasteiger partial charge in [-0.05, 0) is 25.1 Å². The van der Waals surface area contributed by atoms with Crippen molar-refractivity contribution in [2.24, 2.45) is 5.73 Å². The molecule has 0 aliphatic carbocycles. The van der Waals surface area contributed by atoms with Gasteiger partial charge >= 0.3 is 6.18 Å². The minimum absolute atomic E-state index is 0.0682. The zero-order chi connectivity index (χ0) is 22.2. The molecule has 0 spiro atoms. The fraction of sp³-hybridized carbons (Fsp3) is 0.364. The van der Waals surface area contributed by atoms with Gasteiger partial charge in [0.05, 0.1) is 11.6 Å². The number of ether oxygens (including phenoxy) is 1. The topological polar surface area (TPSA) is 58.7 Å². The van der Waals surface area contributed by atoms with Crippen molar-refractivity contribution >= 4 is 0 Å². The van der Waals surface area contributed by atoms with E-state index in [2.05, 4.69) is 13.8 Å². The number of benzene rings is 2. The Morgan fingerprint density at radius 3 is 2.03 bits per heavy atom. The van der Waals surface area contributed by atoms with Crippen molar-refractivity contribution < 1.29 is 23.0 Å². The number of aryl methyl sites for hydroxylation is 1. The van der Waals surface area contributed by atoms with E-state index in [9.17, 15) is 18.3 Å². The van der Waals surface area contributed by atoms with Crippen LogP contribution in [0.5, 0.6) is 5.75 Å². The van der Waals surface area contributed by atoms with Crippen LogP contribution in [0.25, 0.3) is 0 Å². The Morgan fingerprint density at radius 1 is 1.07 bits per heavy atom. The Balaban J connectivity index is 0.000000265. The average Bonchev–Trinajstić information content (AvgIpc) is 2.99. The smallest absolute Gasteiger partial charge is 0.416 e. The minimum atomic E-state index is -4.21. The summed E-state index contributed by atoms with van der Waals surface area (Å²) in [5.74, 6) is 1.19. The molecular weight excluding hydrogens is 381 g/mol. The lowest BCUT2D eigenvalue weighted by Crippen LogP contribution is -2.19. The van der Waals surface area contributed by atoms with Crippen LogP contribution in [0.1, 0.15) is 43.0 Å². The highest BCUT2D eigenvalue weighted by atomic mass is 19.4. The second-order valence-electron chi connectivity index (χ2n) is 6.77. The first-order valence-electron chi connectivity index (χ1n) is 9.29. The molecule has 1 aliphatic heterocycles. The van der Waals surface area contributed by atoms with Crippen molar-refractivity contribution in [3.8, 4) is 5.75 Å². The number of halogens is 3. The molecule has 1 unspecified atom stereocenters. The molecule has 0 saturated heterocycles. The number of hydrogen-bond donors (Lipinski definition) is 2. The van der Waals surface area contributed by atoms with Crippen molar-refractivity contribution in [3.05, 3.63) is 76.9 Å². The number of aliphatic hydroxyl groups is 1. The van der Waals surface area contributed by atoms with Gasteiger partial charge in [-0.3, -0.25) is 0 Å². The number of aliphatic hydroxyl groups excluding tert-OH is 1. The van der Waals surface area contributed by atoms with Crippen LogP contribution < -0.4 is 10.5 Å². The molecule has 0 bridgehead atoms. The highest BCUT2D eigenvalue weighted by molar-refractivity contribution is 5.45. The van der Waals surface area contributed by atoms with Crippen LogP contribution in [0.3, 0.4) is 0 Å². The van der Waals surface area contributed by atoms with Crippen molar-refractivity contribution in [1.29, 1.82) is 0 Å². The van der Waals surface area contributed by atoms with E-state index in [1.165, 1.54) is 18.6 Å². The molecule has 160 valence electrons. The molecule has 1 heterocycles. The molecule has 2 aromatic rings. The summed E-state index contributed by atoms with van der Waals surface area (Å²) < 4.78 is 41.3. The SMILES string of the molecule is CCC.CN(C)/C(O)=C1/Oc2ccccc2C1N.Cc1ccc(C(F)(F)F)cc1. The standard InChI is InChI=1S/C11H14N2O2.C8H7F3.C3H8/c1-13(2)11(14)10-9(12)7-5-3-4-6-8(7)15-10;1-6-2-4-7(5-3-6)8(9,10)11;1-3-2/h3-6,9,14H,12H2,1-2H3;2-5H,1H3;3H2,1-2H3/b11-10-;;. The number of rotatable bonds is 1. The quantitative estimate of drug-likeness (QED) is 0.584. The lowest BCUT2D eigenvalue weighted by molar-refractivity contribution is -0.137. The first kappa shape index (κ1) is 24.4. The number of nitrogens with two attached hydrogens (primary N) is 1. The predicted octanol–water partition coefficient (Wildman–Crippen LogP) is 5.80. The molecule has 0 aromatic heterocycles. The van der Waals surface area contributed by atoms with E-state index in [1.54, 1.807) is 25.9 Å². The van der Waals surface area contributed by atoms with Gasteiger partial charge in [-0.15, -0.1) is 0 Å². The molecule has 3 rings (SSSR count). The minimum Gasteiger partial charge on any atom is -0.492 e. The molecule has 0 amide bonds. The molecule has 0 saturated carbocycles. The molecular formula is C22H29F3N2O2. The molecule has 2 aromatic carbocycles. The van der Waals surface area contributed by atoms with Crippen LogP contribution in [0.4, 0.5) is 13.2 Å². The fourth-order valence-electron chi connectivity index (χ4n) is 2.30. The third-order valence-corrected chi connectivity index (χ3v) is 3.78. The largest absolute Gasteiger partial charge is 0.492 e. The lowest BCUT2D eigenvalue weighted by atomic mass is 10.1. The Bertz CT molecular complexity index is 800. The number of hydrogen-bond acceptors (Lipinski definition) is 4. The van der Waals surface area contributed by atoms with Crippen LogP contribution in [0.2, 0.25) is 0 Å². The first-order chi connectivity index (χ1) is 13.5. The molecule has 1 aliphatic rings. The molecule has 1 atom stereocenters. The van der Waals surface area contributed by atoms with E-state index in [1.807, 2.05) is 24.3 Å². The molecule has 29 heavy (non-hydrogen) atoms. The summed E-state index contributed by atoms with van der Waals surface area (Å²) in [6.07, 6.45) is -2.96. The van der Waals surface area contributed by atoms with E-state index in [4.69, 9.17) is 10.5 Å². The van der Waals surface area contributed by atoms with Gasteiger partial charge in [0.15, 0.2) is 5.76 Å². The average molecular weight is 410 g/mol. The lowest BCUT2D eigenvalue weighted by Gasteiger charge is -2.14. The van der Waals surface area contributed by atoms with E-state index in [0.29, 0.717) is 11.5 Å². The first-order valence-corrected chi connectivity index (χ1v) is 9.29. The van der Waals surface area contributed by atoms with Gasteiger partial charge in [0.2, 0.25) is 5.88 Å². The number of nitrogens with zero attached hydrogens (tertiary/aromatic N) is 1. The van der Waals surface area contributed by atoms with Crippen molar-refractivity contribution in [3.63, 3.8) is 0 Å². The monoisotopic (exact) mass is 410 g/mol. The van der Waals surface area contributed by atoms with E-state index >= 15 is 0 Å². The van der Waals surface area contributed by atoms with Gasteiger partial charge in [-0.1, -0.05) is 56.2 Å². The zero-order valence-electron chi connectivity index (χ0n) is 17.4. The Hall–Kier alpha value is -2.67. The Labute approximate surface area is 170 Å². The third kappa shape index (κ3) is 7.02. The summed E-state index contributed by atoms with van der Waals surface area (Å²) in [4.78, 5) is 1.57. The zero-order valence-corrected chi connectivity index (χ0v) is 17.4. The molecule has 7 heteroatoms. The number of alkyl halides is 3. The second-order valence-corrected chi connectivity index (χ2v) is 6.77. The van der Waals surface area contributed by atoms with Crippen molar-refractivity contribution in [2.45, 2.75) is 39.4 Å². The van der Waals surface area contributed by atoms with Gasteiger partial charge in [0.1, 0.15) is 5.75 Å². The summed E-state index contributed by atoms with van der Waals surface area (Å²) in [5, 5.41) is 9.77. The van der Waals surface area contributed by atoms with Gasteiger partial charge in [-0.2, -0.15) is 13.2 Å². The summed E-state index contributed by atoms with van der Waals surface area (Å²) in [6, 6.07) is 12.2. The summed E-state index contributed by atoms with van der Waals surface area (Å²) in [5.41, 5.74) is 7.10. The van der Waals surface area contributed by atoms with Crippen LogP contribution in [-0.4, -0.2) is 24.1 Å². The Kier molecular flexibility index (Phi) is 9.04. The van der Waals surface area contributed by atoms with Crippen LogP contribution >= 0.6 is 0 Å². The maximum absolute atomic E-state index is 11.9. The van der Waals surface area contributed by atoms with Gasteiger partial charge < -0.3 is 20.5 Å². The van der Waals surface area contributed by atoms with E-state index in [0.717, 1.165) is 23.3 Å². The van der Waals surface area contributed by atoms with Crippen molar-refractivity contribution in [1.82, 2.24) is 4.90 Å². The van der Waals surface area contributed by atoms with Gasteiger partial charge in [0.25, 0.3) is 0 Å². The molecule has 4 nitrogen and oxygen atoms in total. The summed E-state index contributed by atoms with van der Waals surface area (Å²) in [7, 11) is 3.47. The molecule has 3 N–H and O–H groups in total. The van der Waals surface area contributed by atoms with Gasteiger partial charge in [0, 0.05) is 19.7 Å². The van der Waals surface area contributed by atoms with E-state index < -0.39 is 11.7 Å². The number of fused-ring (bicyclic) bond motifs is 1. The maximum atomic E-state index is 11.9.